The molecule has 0 heterocycles. The number of hydrogen-bond acceptors (Lipinski definition) is 2. The molecule has 0 bridgehead atoms. The smallest absolute Gasteiger partial charge is 0.0899 e. The summed E-state index contributed by atoms with van der Waals surface area (Å²) in [6.45, 7) is 9.65. The molecule has 0 saturated carbocycles. The summed E-state index contributed by atoms with van der Waals surface area (Å²) >= 11 is 0. The third-order valence-electron chi connectivity index (χ3n) is 3.88. The normalized spacial score (nSPS) is 14.8. The van der Waals surface area contributed by atoms with E-state index < -0.39 is 5.60 Å². The number of ether oxygens (including phenoxy) is 1. The Labute approximate surface area is 123 Å². The maximum Gasteiger partial charge on any atom is 0.0899 e. The molecule has 0 saturated heterocycles. The largest absolute Gasteiger partial charge is 0.390 e. The Bertz CT molecular complexity index is 431. The minimum Gasteiger partial charge on any atom is -0.390 e. The molecule has 1 unspecified atom stereocenters. The standard InChI is InChI=1S/C18H28O2/c1-6-15-10-9-11-16(14-15)18(4,20-5)13-8-7-12-17(2,3)19/h6,9-11,14,19H,1,7-8,12-13H2,2-5H3. The second-order valence-electron chi connectivity index (χ2n) is 6.28. The highest BCUT2D eigenvalue weighted by molar-refractivity contribution is 5.48. The summed E-state index contributed by atoms with van der Waals surface area (Å²) < 4.78 is 5.76. The molecular weight excluding hydrogens is 248 g/mol. The van der Waals surface area contributed by atoms with Crippen LogP contribution in [0.1, 0.15) is 57.6 Å². The van der Waals surface area contributed by atoms with Crippen molar-refractivity contribution in [1.82, 2.24) is 0 Å². The second kappa shape index (κ2) is 7.05. The Kier molecular flexibility index (Phi) is 5.97. The first-order valence-corrected chi connectivity index (χ1v) is 7.31. The van der Waals surface area contributed by atoms with E-state index in [1.807, 2.05) is 32.1 Å². The van der Waals surface area contributed by atoms with Crippen LogP contribution in [0.25, 0.3) is 6.08 Å². The van der Waals surface area contributed by atoms with Crippen molar-refractivity contribution in [1.29, 1.82) is 0 Å². The van der Waals surface area contributed by atoms with Crippen LogP contribution in [0.5, 0.6) is 0 Å². The van der Waals surface area contributed by atoms with Crippen LogP contribution in [0.4, 0.5) is 0 Å². The van der Waals surface area contributed by atoms with Crippen molar-refractivity contribution in [2.24, 2.45) is 0 Å². The van der Waals surface area contributed by atoms with Crippen molar-refractivity contribution < 1.29 is 9.84 Å². The molecule has 20 heavy (non-hydrogen) atoms. The summed E-state index contributed by atoms with van der Waals surface area (Å²) in [5.41, 5.74) is 1.44. The van der Waals surface area contributed by atoms with Crippen molar-refractivity contribution in [3.63, 3.8) is 0 Å². The van der Waals surface area contributed by atoms with Gasteiger partial charge in [0.15, 0.2) is 0 Å². The average Bonchev–Trinajstić information content (AvgIpc) is 2.42. The molecule has 2 nitrogen and oxygen atoms in total. The molecule has 0 aliphatic rings. The number of methoxy groups -OCH3 is 1. The van der Waals surface area contributed by atoms with Gasteiger partial charge in [0.1, 0.15) is 0 Å². The van der Waals surface area contributed by atoms with Crippen molar-refractivity contribution in [3.05, 3.63) is 42.0 Å². The predicted octanol–water partition coefficient (Wildman–Crippen LogP) is 4.52. The molecular formula is C18H28O2. The molecule has 1 rings (SSSR count). The maximum atomic E-state index is 9.75. The third kappa shape index (κ3) is 5.10. The molecule has 1 atom stereocenters. The Morgan fingerprint density at radius 3 is 2.40 bits per heavy atom. The molecule has 0 spiro atoms. The molecule has 0 aliphatic carbocycles. The Morgan fingerprint density at radius 2 is 1.85 bits per heavy atom. The van der Waals surface area contributed by atoms with Gasteiger partial charge in [-0.05, 0) is 50.8 Å². The molecule has 2 heteroatoms. The number of aliphatic hydroxyl groups is 1. The molecule has 0 aliphatic heterocycles. The maximum absolute atomic E-state index is 9.75. The van der Waals surface area contributed by atoms with Gasteiger partial charge in [0.25, 0.3) is 0 Å². The van der Waals surface area contributed by atoms with Gasteiger partial charge in [0, 0.05) is 7.11 Å². The number of hydrogen-bond donors (Lipinski definition) is 1. The van der Waals surface area contributed by atoms with Crippen LogP contribution in [0.2, 0.25) is 0 Å². The van der Waals surface area contributed by atoms with Gasteiger partial charge < -0.3 is 9.84 Å². The Hall–Kier alpha value is -1.12. The topological polar surface area (TPSA) is 29.5 Å². The zero-order chi connectivity index (χ0) is 15.2. The number of rotatable bonds is 8. The lowest BCUT2D eigenvalue weighted by Gasteiger charge is -2.29. The molecule has 1 aromatic carbocycles. The first-order chi connectivity index (χ1) is 9.30. The van der Waals surface area contributed by atoms with Gasteiger partial charge in [0.2, 0.25) is 0 Å². The fourth-order valence-corrected chi connectivity index (χ4v) is 2.38. The van der Waals surface area contributed by atoms with E-state index >= 15 is 0 Å². The first-order valence-electron chi connectivity index (χ1n) is 7.31. The van der Waals surface area contributed by atoms with Crippen LogP contribution < -0.4 is 0 Å². The fourth-order valence-electron chi connectivity index (χ4n) is 2.38. The van der Waals surface area contributed by atoms with E-state index in [0.29, 0.717) is 0 Å². The second-order valence-corrected chi connectivity index (χ2v) is 6.28. The van der Waals surface area contributed by atoms with Gasteiger partial charge in [-0.1, -0.05) is 43.7 Å². The summed E-state index contributed by atoms with van der Waals surface area (Å²) in [6, 6.07) is 8.32. The van der Waals surface area contributed by atoms with Crippen LogP contribution in [0.15, 0.2) is 30.8 Å². The van der Waals surface area contributed by atoms with E-state index in [1.165, 1.54) is 5.56 Å². The predicted molar refractivity (Wildman–Crippen MR) is 85.7 cm³/mol. The highest BCUT2D eigenvalue weighted by atomic mass is 16.5. The SMILES string of the molecule is C=Cc1cccc(C(C)(CCCCC(C)(C)O)OC)c1. The lowest BCUT2D eigenvalue weighted by atomic mass is 9.88. The summed E-state index contributed by atoms with van der Waals surface area (Å²) in [5.74, 6) is 0. The van der Waals surface area contributed by atoms with Gasteiger partial charge >= 0.3 is 0 Å². The van der Waals surface area contributed by atoms with Gasteiger partial charge in [0.05, 0.1) is 11.2 Å². The lowest BCUT2D eigenvalue weighted by Crippen LogP contribution is -2.25. The van der Waals surface area contributed by atoms with E-state index in [0.717, 1.165) is 31.2 Å². The van der Waals surface area contributed by atoms with Crippen molar-refractivity contribution >= 4 is 6.08 Å². The van der Waals surface area contributed by atoms with E-state index in [1.54, 1.807) is 7.11 Å². The zero-order valence-corrected chi connectivity index (χ0v) is 13.3. The van der Waals surface area contributed by atoms with Crippen LogP contribution in [0, 0.1) is 0 Å². The Balaban J connectivity index is 2.68. The van der Waals surface area contributed by atoms with Gasteiger partial charge in [-0.15, -0.1) is 0 Å². The van der Waals surface area contributed by atoms with E-state index in [2.05, 4.69) is 25.6 Å². The Morgan fingerprint density at radius 1 is 1.20 bits per heavy atom. The van der Waals surface area contributed by atoms with Crippen molar-refractivity contribution in [3.8, 4) is 0 Å². The van der Waals surface area contributed by atoms with Crippen LogP contribution in [-0.2, 0) is 10.3 Å². The van der Waals surface area contributed by atoms with Gasteiger partial charge in [-0.3, -0.25) is 0 Å². The minimum atomic E-state index is -0.577. The summed E-state index contributed by atoms with van der Waals surface area (Å²) in [4.78, 5) is 0. The molecule has 0 fully saturated rings. The summed E-state index contributed by atoms with van der Waals surface area (Å²) in [7, 11) is 1.76. The van der Waals surface area contributed by atoms with Crippen molar-refractivity contribution in [2.45, 2.75) is 57.7 Å². The van der Waals surface area contributed by atoms with Crippen LogP contribution in [0.3, 0.4) is 0 Å². The molecule has 1 aromatic rings. The molecule has 0 amide bonds. The monoisotopic (exact) mass is 276 g/mol. The summed E-state index contributed by atoms with van der Waals surface area (Å²) in [5, 5.41) is 9.75. The zero-order valence-electron chi connectivity index (χ0n) is 13.3. The van der Waals surface area contributed by atoms with Crippen molar-refractivity contribution in [2.75, 3.05) is 7.11 Å². The molecule has 112 valence electrons. The fraction of sp³-hybridized carbons (Fsp3) is 0.556. The van der Waals surface area contributed by atoms with Gasteiger partial charge in [-0.2, -0.15) is 0 Å². The molecule has 1 N–H and O–H groups in total. The van der Waals surface area contributed by atoms with E-state index in [-0.39, 0.29) is 5.60 Å². The molecule has 0 aromatic heterocycles. The minimum absolute atomic E-state index is 0.279. The quantitative estimate of drug-likeness (QED) is 0.707. The lowest BCUT2D eigenvalue weighted by molar-refractivity contribution is -0.00955. The highest BCUT2D eigenvalue weighted by Crippen LogP contribution is 2.31. The van der Waals surface area contributed by atoms with E-state index in [9.17, 15) is 5.11 Å². The van der Waals surface area contributed by atoms with Crippen LogP contribution in [-0.4, -0.2) is 17.8 Å². The third-order valence-corrected chi connectivity index (χ3v) is 3.88. The number of benzene rings is 1. The van der Waals surface area contributed by atoms with Crippen LogP contribution >= 0.6 is 0 Å². The highest BCUT2D eigenvalue weighted by Gasteiger charge is 2.26. The first kappa shape index (κ1) is 16.9. The molecule has 0 radical (unpaired) electrons. The van der Waals surface area contributed by atoms with Gasteiger partial charge in [-0.25, -0.2) is 0 Å². The average molecular weight is 276 g/mol. The number of unbranched alkanes of at least 4 members (excludes halogenated alkanes) is 1. The van der Waals surface area contributed by atoms with E-state index in [4.69, 9.17) is 4.74 Å². The summed E-state index contributed by atoms with van der Waals surface area (Å²) in [6.07, 6.45) is 5.66.